The second kappa shape index (κ2) is 4.27. The van der Waals surface area contributed by atoms with Gasteiger partial charge in [-0.2, -0.15) is 0 Å². The second-order valence-corrected chi connectivity index (χ2v) is 7.79. The van der Waals surface area contributed by atoms with Crippen molar-refractivity contribution in [2.45, 2.75) is 73.4 Å². The Kier molecular flexibility index (Phi) is 3.87. The maximum Gasteiger partial charge on any atom is -0.0178 e. The third-order valence-electron chi connectivity index (χ3n) is 6.16. The fourth-order valence-electron chi connectivity index (χ4n) is 4.36. The van der Waals surface area contributed by atoms with Crippen molar-refractivity contribution in [1.82, 2.24) is 0 Å². The van der Waals surface area contributed by atoms with Crippen molar-refractivity contribution in [3.8, 4) is 0 Å². The molecule has 1 fully saturated rings. The van der Waals surface area contributed by atoms with E-state index in [1.807, 2.05) is 0 Å². The van der Waals surface area contributed by atoms with E-state index < -0.39 is 0 Å². The molecule has 4 atom stereocenters. The Bertz CT molecular complexity index is 254. The van der Waals surface area contributed by atoms with Gasteiger partial charge < -0.3 is 0 Å². The summed E-state index contributed by atoms with van der Waals surface area (Å²) in [7, 11) is 3.04. The van der Waals surface area contributed by atoms with Crippen LogP contribution < -0.4 is 0 Å². The standard InChI is InChI=1S/C15H31P/c1-8-14(11(3)4)10-15(14,9-2)13(6,7)12(5)16/h11-12H,8-10,16H2,1-7H3. The molecule has 16 heavy (non-hydrogen) atoms. The first-order valence-electron chi connectivity index (χ1n) is 6.97. The van der Waals surface area contributed by atoms with Crippen LogP contribution in [-0.4, -0.2) is 5.66 Å². The van der Waals surface area contributed by atoms with Crippen LogP contribution in [0.3, 0.4) is 0 Å². The van der Waals surface area contributed by atoms with Crippen LogP contribution in [0.4, 0.5) is 0 Å². The first-order valence-corrected chi connectivity index (χ1v) is 7.64. The van der Waals surface area contributed by atoms with Gasteiger partial charge in [-0.05, 0) is 47.1 Å². The molecule has 0 aromatic rings. The third kappa shape index (κ3) is 1.59. The summed E-state index contributed by atoms with van der Waals surface area (Å²) in [4.78, 5) is 0. The zero-order valence-corrected chi connectivity index (χ0v) is 13.5. The van der Waals surface area contributed by atoms with Crippen LogP contribution in [0.25, 0.3) is 0 Å². The van der Waals surface area contributed by atoms with Gasteiger partial charge in [0.2, 0.25) is 0 Å². The minimum Gasteiger partial charge on any atom is -0.134 e. The average Bonchev–Trinajstić information content (AvgIpc) is 2.89. The molecule has 0 aromatic heterocycles. The van der Waals surface area contributed by atoms with Gasteiger partial charge in [0.25, 0.3) is 0 Å². The van der Waals surface area contributed by atoms with Gasteiger partial charge in [-0.25, -0.2) is 0 Å². The molecule has 96 valence electrons. The summed E-state index contributed by atoms with van der Waals surface area (Å²) in [5.74, 6) is 0.820. The molecule has 0 N–H and O–H groups in total. The predicted octanol–water partition coefficient (Wildman–Crippen LogP) is 5.13. The highest BCUT2D eigenvalue weighted by Gasteiger charge is 2.71. The summed E-state index contributed by atoms with van der Waals surface area (Å²) in [6.45, 7) is 17.0. The molecule has 0 aliphatic heterocycles. The van der Waals surface area contributed by atoms with Crippen molar-refractivity contribution in [3.63, 3.8) is 0 Å². The summed E-state index contributed by atoms with van der Waals surface area (Å²) < 4.78 is 0. The first-order chi connectivity index (χ1) is 7.22. The van der Waals surface area contributed by atoms with E-state index in [1.165, 1.54) is 19.3 Å². The summed E-state index contributed by atoms with van der Waals surface area (Å²) >= 11 is 0. The highest BCUT2D eigenvalue weighted by Crippen LogP contribution is 2.79. The zero-order valence-electron chi connectivity index (χ0n) is 12.4. The van der Waals surface area contributed by atoms with Gasteiger partial charge in [0, 0.05) is 0 Å². The molecule has 0 saturated heterocycles. The van der Waals surface area contributed by atoms with E-state index in [0.717, 1.165) is 5.92 Å². The van der Waals surface area contributed by atoms with Crippen LogP contribution >= 0.6 is 9.24 Å². The Morgan fingerprint density at radius 3 is 1.81 bits per heavy atom. The van der Waals surface area contributed by atoms with Gasteiger partial charge in [-0.3, -0.25) is 0 Å². The molecule has 1 aliphatic carbocycles. The van der Waals surface area contributed by atoms with Crippen LogP contribution in [0.1, 0.15) is 67.7 Å². The molecular weight excluding hydrogens is 211 g/mol. The van der Waals surface area contributed by atoms with Gasteiger partial charge in [-0.15, -0.1) is 9.24 Å². The monoisotopic (exact) mass is 242 g/mol. The SMILES string of the molecule is CCC1(C(C)C)CC1(CC)C(C)(C)C(C)P. The van der Waals surface area contributed by atoms with E-state index in [1.54, 1.807) is 0 Å². The molecule has 1 heteroatoms. The van der Waals surface area contributed by atoms with Crippen molar-refractivity contribution < 1.29 is 0 Å². The molecule has 1 rings (SSSR count). The van der Waals surface area contributed by atoms with E-state index in [4.69, 9.17) is 0 Å². The minimum atomic E-state index is 0.437. The van der Waals surface area contributed by atoms with Gasteiger partial charge in [0.15, 0.2) is 0 Å². The maximum absolute atomic E-state index is 3.04. The normalized spacial score (nSPS) is 36.6. The molecule has 0 spiro atoms. The second-order valence-electron chi connectivity index (χ2n) is 6.79. The minimum absolute atomic E-state index is 0.437. The van der Waals surface area contributed by atoms with E-state index in [9.17, 15) is 0 Å². The molecule has 1 aliphatic rings. The third-order valence-corrected chi connectivity index (χ3v) is 6.99. The number of hydrogen-bond acceptors (Lipinski definition) is 0. The highest BCUT2D eigenvalue weighted by atomic mass is 31.0. The van der Waals surface area contributed by atoms with Crippen molar-refractivity contribution in [1.29, 1.82) is 0 Å². The molecule has 0 nitrogen and oxygen atoms in total. The Labute approximate surface area is 105 Å². The fourth-order valence-corrected chi connectivity index (χ4v) is 4.68. The van der Waals surface area contributed by atoms with Crippen LogP contribution in [0.5, 0.6) is 0 Å². The summed E-state index contributed by atoms with van der Waals surface area (Å²) in [5, 5.41) is 0. The highest BCUT2D eigenvalue weighted by molar-refractivity contribution is 7.17. The molecule has 4 unspecified atom stereocenters. The quantitative estimate of drug-likeness (QED) is 0.586. The molecule has 0 radical (unpaired) electrons. The van der Waals surface area contributed by atoms with E-state index in [2.05, 4.69) is 57.7 Å². The molecule has 0 bridgehead atoms. The van der Waals surface area contributed by atoms with Crippen LogP contribution in [0.15, 0.2) is 0 Å². The topological polar surface area (TPSA) is 0 Å². The number of rotatable bonds is 5. The lowest BCUT2D eigenvalue weighted by molar-refractivity contribution is 0.0949. The zero-order chi connectivity index (χ0) is 12.8. The Hall–Kier alpha value is 0.430. The van der Waals surface area contributed by atoms with Gasteiger partial charge in [0.05, 0.1) is 0 Å². The molecular formula is C15H31P. The van der Waals surface area contributed by atoms with Crippen molar-refractivity contribution in [3.05, 3.63) is 0 Å². The largest absolute Gasteiger partial charge is 0.134 e. The van der Waals surface area contributed by atoms with Gasteiger partial charge in [-0.1, -0.05) is 48.5 Å². The summed E-state index contributed by atoms with van der Waals surface area (Å²) in [6.07, 6.45) is 4.13. The summed E-state index contributed by atoms with van der Waals surface area (Å²) in [6, 6.07) is 0. The Balaban J connectivity index is 3.10. The van der Waals surface area contributed by atoms with Gasteiger partial charge >= 0.3 is 0 Å². The molecule has 0 amide bonds. The number of hydrogen-bond donors (Lipinski definition) is 0. The average molecular weight is 242 g/mol. The van der Waals surface area contributed by atoms with Crippen LogP contribution in [-0.2, 0) is 0 Å². The predicted molar refractivity (Wildman–Crippen MR) is 77.9 cm³/mol. The lowest BCUT2D eigenvalue weighted by Crippen LogP contribution is -2.38. The van der Waals surface area contributed by atoms with Crippen LogP contribution in [0, 0.1) is 22.2 Å². The fraction of sp³-hybridized carbons (Fsp3) is 1.00. The van der Waals surface area contributed by atoms with Crippen molar-refractivity contribution in [2.24, 2.45) is 22.2 Å². The molecule has 1 saturated carbocycles. The van der Waals surface area contributed by atoms with Crippen LogP contribution in [0.2, 0.25) is 0 Å². The Morgan fingerprint density at radius 2 is 1.62 bits per heavy atom. The maximum atomic E-state index is 3.04. The molecule has 0 aromatic carbocycles. The van der Waals surface area contributed by atoms with E-state index >= 15 is 0 Å². The lowest BCUT2D eigenvalue weighted by atomic mass is 9.64. The first kappa shape index (κ1) is 14.5. The van der Waals surface area contributed by atoms with Gasteiger partial charge in [0.1, 0.15) is 0 Å². The van der Waals surface area contributed by atoms with Crippen molar-refractivity contribution in [2.75, 3.05) is 0 Å². The van der Waals surface area contributed by atoms with Crippen molar-refractivity contribution >= 4 is 9.24 Å². The lowest BCUT2D eigenvalue weighted by Gasteiger charge is -2.43. The Morgan fingerprint density at radius 1 is 1.12 bits per heavy atom. The summed E-state index contributed by atoms with van der Waals surface area (Å²) in [5.41, 5.74) is 2.31. The molecule has 0 heterocycles. The van der Waals surface area contributed by atoms with E-state index in [0.29, 0.717) is 21.9 Å². The smallest absolute Gasteiger partial charge is 0.0178 e. The van der Waals surface area contributed by atoms with E-state index in [-0.39, 0.29) is 0 Å².